The molecule has 0 fully saturated rings. The fourth-order valence-corrected chi connectivity index (χ4v) is 2.38. The van der Waals surface area contributed by atoms with Crippen LogP contribution >= 0.6 is 27.5 Å². The van der Waals surface area contributed by atoms with Gasteiger partial charge in [-0.2, -0.15) is 0 Å². The molecule has 6 heteroatoms. The zero-order chi connectivity index (χ0) is 11.7. The smallest absolute Gasteiger partial charge is 0.265 e. The average molecular weight is 306 g/mol. The molecule has 1 heterocycles. The van der Waals surface area contributed by atoms with Crippen LogP contribution < -0.4 is 15.8 Å². The zero-order valence-electron chi connectivity index (χ0n) is 8.30. The van der Waals surface area contributed by atoms with E-state index in [0.29, 0.717) is 29.4 Å². The van der Waals surface area contributed by atoms with E-state index in [-0.39, 0.29) is 5.91 Å². The van der Waals surface area contributed by atoms with E-state index in [2.05, 4.69) is 21.2 Å². The van der Waals surface area contributed by atoms with Crippen LogP contribution in [-0.2, 0) is 4.79 Å². The Morgan fingerprint density at radius 2 is 2.31 bits per heavy atom. The van der Waals surface area contributed by atoms with Crippen LogP contribution in [-0.4, -0.2) is 18.6 Å². The summed E-state index contributed by atoms with van der Waals surface area (Å²) >= 11 is 9.32. The first kappa shape index (κ1) is 11.7. The minimum Gasteiger partial charge on any atom is -0.477 e. The van der Waals surface area contributed by atoms with Crippen molar-refractivity contribution in [3.8, 4) is 5.75 Å². The number of amides is 1. The number of hydrogen-bond acceptors (Lipinski definition) is 3. The van der Waals surface area contributed by atoms with Crippen LogP contribution in [0.5, 0.6) is 5.75 Å². The second kappa shape index (κ2) is 4.61. The largest absolute Gasteiger partial charge is 0.477 e. The third-order valence-corrected chi connectivity index (χ3v) is 2.99. The highest BCUT2D eigenvalue weighted by Crippen LogP contribution is 2.39. The first-order chi connectivity index (χ1) is 7.61. The van der Waals surface area contributed by atoms with Crippen LogP contribution in [0.3, 0.4) is 0 Å². The number of halogens is 2. The van der Waals surface area contributed by atoms with Crippen LogP contribution in [0.15, 0.2) is 16.6 Å². The van der Waals surface area contributed by atoms with Crippen LogP contribution in [0, 0.1) is 0 Å². The Morgan fingerprint density at radius 3 is 3.00 bits per heavy atom. The molecule has 1 unspecified atom stereocenters. The quantitative estimate of drug-likeness (QED) is 0.880. The standard InChI is InChI=1S/C10H10BrClN2O2/c11-5-3-6(12)9-7(4-5)14-10(15)8(16-9)1-2-13/h3-4,8H,1-2,13H2,(H,14,15). The maximum absolute atomic E-state index is 11.6. The van der Waals surface area contributed by atoms with Gasteiger partial charge < -0.3 is 15.8 Å². The summed E-state index contributed by atoms with van der Waals surface area (Å²) in [4.78, 5) is 11.6. The van der Waals surface area contributed by atoms with Crippen molar-refractivity contribution in [2.45, 2.75) is 12.5 Å². The molecule has 86 valence electrons. The lowest BCUT2D eigenvalue weighted by molar-refractivity contribution is -0.123. The molecule has 1 aromatic carbocycles. The third kappa shape index (κ3) is 2.16. The summed E-state index contributed by atoms with van der Waals surface area (Å²) in [5.74, 6) is 0.315. The van der Waals surface area contributed by atoms with E-state index in [4.69, 9.17) is 22.1 Å². The van der Waals surface area contributed by atoms with E-state index in [1.807, 2.05) is 0 Å². The average Bonchev–Trinajstić information content (AvgIpc) is 2.20. The van der Waals surface area contributed by atoms with E-state index < -0.39 is 6.10 Å². The van der Waals surface area contributed by atoms with Gasteiger partial charge in [0, 0.05) is 10.9 Å². The maximum Gasteiger partial charge on any atom is 0.265 e. The molecule has 0 spiro atoms. The van der Waals surface area contributed by atoms with Crippen molar-refractivity contribution in [3.63, 3.8) is 0 Å². The number of fused-ring (bicyclic) bond motifs is 1. The van der Waals surface area contributed by atoms with Crippen molar-refractivity contribution in [2.75, 3.05) is 11.9 Å². The first-order valence-corrected chi connectivity index (χ1v) is 5.95. The predicted molar refractivity (Wildman–Crippen MR) is 65.9 cm³/mol. The number of ether oxygens (including phenoxy) is 1. The summed E-state index contributed by atoms with van der Waals surface area (Å²) in [6.45, 7) is 0.390. The van der Waals surface area contributed by atoms with Crippen molar-refractivity contribution in [3.05, 3.63) is 21.6 Å². The molecule has 1 aliphatic rings. The fourth-order valence-electron chi connectivity index (χ4n) is 1.52. The molecule has 1 atom stereocenters. The molecule has 1 aromatic rings. The molecule has 2 rings (SSSR count). The molecule has 4 nitrogen and oxygen atoms in total. The number of hydrogen-bond donors (Lipinski definition) is 2. The van der Waals surface area contributed by atoms with Crippen molar-refractivity contribution in [2.24, 2.45) is 5.73 Å². The van der Waals surface area contributed by atoms with Gasteiger partial charge in [-0.1, -0.05) is 27.5 Å². The Morgan fingerprint density at radius 1 is 1.56 bits per heavy atom. The number of carbonyl (C=O) groups is 1. The SMILES string of the molecule is NCCC1Oc2c(Cl)cc(Br)cc2NC1=O. The lowest BCUT2D eigenvalue weighted by Crippen LogP contribution is -2.38. The molecule has 16 heavy (non-hydrogen) atoms. The van der Waals surface area contributed by atoms with Gasteiger partial charge in [-0.05, 0) is 18.7 Å². The molecule has 0 radical (unpaired) electrons. The predicted octanol–water partition coefficient (Wildman–Crippen LogP) is 2.15. The minimum atomic E-state index is -0.559. The highest BCUT2D eigenvalue weighted by atomic mass is 79.9. The Labute approximate surface area is 106 Å². The van der Waals surface area contributed by atoms with Gasteiger partial charge in [0.1, 0.15) is 0 Å². The Bertz CT molecular complexity index is 439. The lowest BCUT2D eigenvalue weighted by atomic mass is 10.1. The van der Waals surface area contributed by atoms with Crippen molar-refractivity contribution in [1.29, 1.82) is 0 Å². The summed E-state index contributed by atoms with van der Waals surface area (Å²) in [6.07, 6.45) is -0.0892. The monoisotopic (exact) mass is 304 g/mol. The molecule has 1 aliphatic heterocycles. The Balaban J connectivity index is 2.35. The number of carbonyl (C=O) groups excluding carboxylic acids is 1. The molecule has 0 bridgehead atoms. The van der Waals surface area contributed by atoms with Crippen LogP contribution in [0.4, 0.5) is 5.69 Å². The fraction of sp³-hybridized carbons (Fsp3) is 0.300. The second-order valence-electron chi connectivity index (χ2n) is 3.44. The molecular weight excluding hydrogens is 295 g/mol. The molecule has 3 N–H and O–H groups in total. The highest BCUT2D eigenvalue weighted by molar-refractivity contribution is 9.10. The number of nitrogens with two attached hydrogens (primary N) is 1. The van der Waals surface area contributed by atoms with Crippen molar-refractivity contribution < 1.29 is 9.53 Å². The van der Waals surface area contributed by atoms with Crippen LogP contribution in [0.25, 0.3) is 0 Å². The number of nitrogens with one attached hydrogen (secondary N) is 1. The molecule has 0 aliphatic carbocycles. The van der Waals surface area contributed by atoms with Gasteiger partial charge in [0.25, 0.3) is 5.91 Å². The van der Waals surface area contributed by atoms with E-state index in [1.54, 1.807) is 12.1 Å². The van der Waals surface area contributed by atoms with Crippen LogP contribution in [0.2, 0.25) is 5.02 Å². The number of anilines is 1. The van der Waals surface area contributed by atoms with Gasteiger partial charge >= 0.3 is 0 Å². The molecular formula is C10H10BrClN2O2. The van der Waals surface area contributed by atoms with E-state index in [9.17, 15) is 4.79 Å². The first-order valence-electron chi connectivity index (χ1n) is 4.78. The molecule has 1 amide bonds. The van der Waals surface area contributed by atoms with Crippen molar-refractivity contribution in [1.82, 2.24) is 0 Å². The van der Waals surface area contributed by atoms with Gasteiger partial charge in [-0.15, -0.1) is 0 Å². The van der Waals surface area contributed by atoms with E-state index >= 15 is 0 Å². The van der Waals surface area contributed by atoms with Gasteiger partial charge in [0.2, 0.25) is 0 Å². The minimum absolute atomic E-state index is 0.188. The molecule has 0 saturated heterocycles. The summed E-state index contributed by atoms with van der Waals surface area (Å²) in [5, 5.41) is 3.21. The van der Waals surface area contributed by atoms with E-state index in [0.717, 1.165) is 4.47 Å². The van der Waals surface area contributed by atoms with E-state index in [1.165, 1.54) is 0 Å². The summed E-state index contributed by atoms with van der Waals surface area (Å²) in [7, 11) is 0. The second-order valence-corrected chi connectivity index (χ2v) is 4.76. The van der Waals surface area contributed by atoms with Gasteiger partial charge in [-0.25, -0.2) is 0 Å². The lowest BCUT2D eigenvalue weighted by Gasteiger charge is -2.26. The molecule has 0 aromatic heterocycles. The Kier molecular flexibility index (Phi) is 3.37. The normalized spacial score (nSPS) is 18.7. The Hall–Kier alpha value is -0.780. The topological polar surface area (TPSA) is 64.3 Å². The van der Waals surface area contributed by atoms with Crippen molar-refractivity contribution >= 4 is 39.1 Å². The summed E-state index contributed by atoms with van der Waals surface area (Å²) < 4.78 is 6.31. The zero-order valence-corrected chi connectivity index (χ0v) is 10.6. The maximum atomic E-state index is 11.6. The highest BCUT2D eigenvalue weighted by Gasteiger charge is 2.28. The van der Waals surface area contributed by atoms with Gasteiger partial charge in [-0.3, -0.25) is 4.79 Å². The summed E-state index contributed by atoms with van der Waals surface area (Å²) in [6, 6.07) is 3.47. The molecule has 0 saturated carbocycles. The third-order valence-electron chi connectivity index (χ3n) is 2.25. The van der Waals surface area contributed by atoms with Gasteiger partial charge in [0.15, 0.2) is 11.9 Å². The van der Waals surface area contributed by atoms with Gasteiger partial charge in [0.05, 0.1) is 10.7 Å². The summed E-state index contributed by atoms with van der Waals surface area (Å²) in [5.41, 5.74) is 5.98. The van der Waals surface area contributed by atoms with Crippen LogP contribution in [0.1, 0.15) is 6.42 Å². The number of rotatable bonds is 2. The number of benzene rings is 1.